The molecule has 3 nitrogen and oxygen atoms in total. The molecule has 0 aliphatic carbocycles. The summed E-state index contributed by atoms with van der Waals surface area (Å²) in [5.41, 5.74) is 2.15. The van der Waals surface area contributed by atoms with Gasteiger partial charge >= 0.3 is 0 Å². The molecule has 2 heterocycles. The number of hydrogen-bond acceptors (Lipinski definition) is 3. The van der Waals surface area contributed by atoms with E-state index >= 15 is 0 Å². The minimum Gasteiger partial charge on any atom is -0.319 e. The fourth-order valence-electron chi connectivity index (χ4n) is 1.64. The van der Waals surface area contributed by atoms with Gasteiger partial charge in [0.05, 0.1) is 11.9 Å². The zero-order valence-electron chi connectivity index (χ0n) is 9.71. The van der Waals surface area contributed by atoms with Gasteiger partial charge in [-0.3, -0.25) is 4.98 Å². The predicted molar refractivity (Wildman–Crippen MR) is 66.9 cm³/mol. The van der Waals surface area contributed by atoms with Crippen molar-refractivity contribution in [3.05, 3.63) is 40.4 Å². The summed E-state index contributed by atoms with van der Waals surface area (Å²) < 4.78 is 2.23. The molecule has 0 aliphatic heterocycles. The van der Waals surface area contributed by atoms with Crippen LogP contribution in [0.3, 0.4) is 0 Å². The van der Waals surface area contributed by atoms with Crippen LogP contribution >= 0.6 is 11.3 Å². The summed E-state index contributed by atoms with van der Waals surface area (Å²) in [7, 11) is 0. The Hall–Kier alpha value is -1.42. The van der Waals surface area contributed by atoms with Crippen molar-refractivity contribution in [2.75, 3.05) is 0 Å². The molecule has 0 atom stereocenters. The van der Waals surface area contributed by atoms with E-state index in [1.807, 2.05) is 12.1 Å². The Kier molecular flexibility index (Phi) is 3.19. The summed E-state index contributed by atoms with van der Waals surface area (Å²) in [4.78, 5) is 9.69. The number of aromatic nitrogens is 2. The number of pyridine rings is 1. The Labute approximate surface area is 99.1 Å². The van der Waals surface area contributed by atoms with Crippen molar-refractivity contribution in [2.24, 2.45) is 4.99 Å². The average Bonchev–Trinajstić information content (AvgIpc) is 2.61. The van der Waals surface area contributed by atoms with E-state index in [0.717, 1.165) is 10.5 Å². The Morgan fingerprint density at radius 3 is 2.88 bits per heavy atom. The van der Waals surface area contributed by atoms with Gasteiger partial charge in [0.25, 0.3) is 0 Å². The summed E-state index contributed by atoms with van der Waals surface area (Å²) in [6.45, 7) is 6.45. The molecule has 0 aliphatic rings. The molecule has 0 aromatic carbocycles. The van der Waals surface area contributed by atoms with Crippen LogP contribution in [0.1, 0.15) is 25.6 Å². The van der Waals surface area contributed by atoms with Crippen molar-refractivity contribution in [3.8, 4) is 0 Å². The molecule has 0 fully saturated rings. The normalized spacial score (nSPS) is 12.4. The smallest absolute Gasteiger partial charge is 0.190 e. The fourth-order valence-corrected chi connectivity index (χ4v) is 2.66. The highest BCUT2D eigenvalue weighted by Gasteiger charge is 2.04. The number of aryl methyl sites for hydroxylation is 1. The molecule has 2 aromatic heterocycles. The van der Waals surface area contributed by atoms with E-state index in [4.69, 9.17) is 0 Å². The van der Waals surface area contributed by atoms with E-state index < -0.39 is 0 Å². The van der Waals surface area contributed by atoms with Crippen LogP contribution in [-0.2, 0) is 0 Å². The van der Waals surface area contributed by atoms with E-state index in [0.29, 0.717) is 6.04 Å². The van der Waals surface area contributed by atoms with Gasteiger partial charge in [0, 0.05) is 23.3 Å². The quantitative estimate of drug-likeness (QED) is 0.784. The van der Waals surface area contributed by atoms with Gasteiger partial charge in [0.2, 0.25) is 0 Å². The highest BCUT2D eigenvalue weighted by molar-refractivity contribution is 7.07. The van der Waals surface area contributed by atoms with E-state index in [1.54, 1.807) is 23.7 Å². The molecule has 2 rings (SSSR count). The number of nitrogens with zero attached hydrogens (tertiary/aromatic N) is 3. The predicted octanol–water partition coefficient (Wildman–Crippen LogP) is 3.07. The first-order chi connectivity index (χ1) is 7.68. The lowest BCUT2D eigenvalue weighted by Gasteiger charge is -2.09. The van der Waals surface area contributed by atoms with Crippen LogP contribution in [0.25, 0.3) is 0 Å². The van der Waals surface area contributed by atoms with Crippen molar-refractivity contribution in [2.45, 2.75) is 26.8 Å². The van der Waals surface area contributed by atoms with Gasteiger partial charge in [-0.1, -0.05) is 0 Å². The minimum atomic E-state index is 0.432. The Balaban J connectivity index is 2.53. The average molecular weight is 233 g/mol. The van der Waals surface area contributed by atoms with Crippen molar-refractivity contribution in [1.82, 2.24) is 9.55 Å². The maximum absolute atomic E-state index is 4.60. The summed E-state index contributed by atoms with van der Waals surface area (Å²) in [6.07, 6.45) is 3.54. The monoisotopic (exact) mass is 233 g/mol. The van der Waals surface area contributed by atoms with Crippen LogP contribution in [0, 0.1) is 6.92 Å². The van der Waals surface area contributed by atoms with Crippen molar-refractivity contribution >= 4 is 17.0 Å². The van der Waals surface area contributed by atoms with Gasteiger partial charge in [-0.05, 0) is 32.9 Å². The second-order valence-corrected chi connectivity index (χ2v) is 4.78. The molecule has 0 unspecified atom stereocenters. The topological polar surface area (TPSA) is 30.2 Å². The Bertz CT molecular complexity index is 523. The Morgan fingerprint density at radius 2 is 2.25 bits per heavy atom. The second-order valence-electron chi connectivity index (χ2n) is 3.95. The first-order valence-electron chi connectivity index (χ1n) is 5.30. The van der Waals surface area contributed by atoms with Crippen LogP contribution in [0.2, 0.25) is 0 Å². The highest BCUT2D eigenvalue weighted by atomic mass is 32.1. The zero-order valence-corrected chi connectivity index (χ0v) is 10.5. The van der Waals surface area contributed by atoms with Crippen LogP contribution in [0.15, 0.2) is 34.9 Å². The van der Waals surface area contributed by atoms with Crippen LogP contribution in [0.4, 0.5) is 5.69 Å². The van der Waals surface area contributed by atoms with Crippen LogP contribution in [-0.4, -0.2) is 9.55 Å². The fraction of sp³-hybridized carbons (Fsp3) is 0.333. The van der Waals surface area contributed by atoms with E-state index in [-0.39, 0.29) is 0 Å². The number of rotatable bonds is 2. The Morgan fingerprint density at radius 1 is 1.44 bits per heavy atom. The first-order valence-corrected chi connectivity index (χ1v) is 6.18. The third kappa shape index (κ3) is 2.22. The summed E-state index contributed by atoms with van der Waals surface area (Å²) in [5, 5.41) is 2.13. The second kappa shape index (κ2) is 4.61. The molecule has 16 heavy (non-hydrogen) atoms. The largest absolute Gasteiger partial charge is 0.319 e. The summed E-state index contributed by atoms with van der Waals surface area (Å²) >= 11 is 1.67. The lowest BCUT2D eigenvalue weighted by molar-refractivity contribution is 0.570. The zero-order chi connectivity index (χ0) is 11.5. The lowest BCUT2D eigenvalue weighted by atomic mass is 10.3. The van der Waals surface area contributed by atoms with Gasteiger partial charge in [-0.25, -0.2) is 4.99 Å². The SMILES string of the molecule is Cc1csc(=Nc2cccnc2)n1C(C)C. The van der Waals surface area contributed by atoms with Crippen LogP contribution in [0.5, 0.6) is 0 Å². The molecular weight excluding hydrogens is 218 g/mol. The molecule has 0 spiro atoms. The van der Waals surface area contributed by atoms with Gasteiger partial charge in [-0.2, -0.15) is 0 Å². The maximum atomic E-state index is 4.60. The number of thiazole rings is 1. The molecule has 4 heteroatoms. The van der Waals surface area contributed by atoms with E-state index in [9.17, 15) is 0 Å². The van der Waals surface area contributed by atoms with Crippen molar-refractivity contribution in [1.29, 1.82) is 0 Å². The standard InChI is InChI=1S/C12H15N3S/c1-9(2)15-10(3)8-16-12(15)14-11-5-4-6-13-7-11/h4-9H,1-3H3. The minimum absolute atomic E-state index is 0.432. The van der Waals surface area contributed by atoms with Gasteiger partial charge in [0.1, 0.15) is 0 Å². The molecule has 0 saturated heterocycles. The maximum Gasteiger partial charge on any atom is 0.190 e. The molecule has 0 bridgehead atoms. The third-order valence-corrected chi connectivity index (χ3v) is 3.27. The molecule has 0 amide bonds. The molecular formula is C12H15N3S. The number of hydrogen-bond donors (Lipinski definition) is 0. The summed E-state index contributed by atoms with van der Waals surface area (Å²) in [6, 6.07) is 4.30. The highest BCUT2D eigenvalue weighted by Crippen LogP contribution is 2.11. The van der Waals surface area contributed by atoms with E-state index in [2.05, 4.69) is 40.7 Å². The van der Waals surface area contributed by atoms with Crippen molar-refractivity contribution in [3.63, 3.8) is 0 Å². The lowest BCUT2D eigenvalue weighted by Crippen LogP contribution is -2.17. The molecule has 84 valence electrons. The van der Waals surface area contributed by atoms with Crippen molar-refractivity contribution < 1.29 is 0 Å². The molecule has 0 saturated carbocycles. The van der Waals surface area contributed by atoms with E-state index in [1.165, 1.54) is 5.69 Å². The summed E-state index contributed by atoms with van der Waals surface area (Å²) in [5.74, 6) is 0. The molecule has 0 radical (unpaired) electrons. The molecule has 0 N–H and O–H groups in total. The van der Waals surface area contributed by atoms with Gasteiger partial charge in [0.15, 0.2) is 4.80 Å². The molecule has 2 aromatic rings. The van der Waals surface area contributed by atoms with Gasteiger partial charge < -0.3 is 4.57 Å². The third-order valence-electron chi connectivity index (χ3n) is 2.31. The first kappa shape index (κ1) is 11.1. The van der Waals surface area contributed by atoms with Crippen LogP contribution < -0.4 is 4.80 Å². The van der Waals surface area contributed by atoms with Gasteiger partial charge in [-0.15, -0.1) is 11.3 Å².